The van der Waals surface area contributed by atoms with Crippen LogP contribution in [0.1, 0.15) is 28.9 Å². The summed E-state index contributed by atoms with van der Waals surface area (Å²) in [5.74, 6) is -1.01. The van der Waals surface area contributed by atoms with Crippen LogP contribution < -0.4 is 0 Å². The Morgan fingerprint density at radius 1 is 0.931 bits per heavy atom. The topological polar surface area (TPSA) is 70.9 Å². The van der Waals surface area contributed by atoms with Crippen LogP contribution in [-0.4, -0.2) is 25.8 Å². The Bertz CT molecular complexity index is 1080. The molecule has 4 aromatic rings. The zero-order valence-corrected chi connectivity index (χ0v) is 16.1. The van der Waals surface area contributed by atoms with Crippen molar-refractivity contribution in [3.63, 3.8) is 0 Å². The summed E-state index contributed by atoms with van der Waals surface area (Å²) in [6, 6.07) is 22.2. The molecular formula is C24H23N3O2. The first-order valence-corrected chi connectivity index (χ1v) is 9.79. The zero-order valence-electron chi connectivity index (χ0n) is 16.1. The molecule has 0 amide bonds. The highest BCUT2D eigenvalue weighted by Gasteiger charge is 2.16. The van der Waals surface area contributed by atoms with Gasteiger partial charge in [0, 0.05) is 30.1 Å². The molecule has 0 aliphatic heterocycles. The number of benzene rings is 2. The number of hydrogen-bond donors (Lipinski definition) is 2. The van der Waals surface area contributed by atoms with Crippen molar-refractivity contribution in [3.05, 3.63) is 90.4 Å². The minimum atomic E-state index is -1.01. The van der Waals surface area contributed by atoms with Crippen LogP contribution in [0.3, 0.4) is 0 Å². The van der Waals surface area contributed by atoms with Gasteiger partial charge in [0.15, 0.2) is 0 Å². The van der Waals surface area contributed by atoms with Crippen LogP contribution in [0.25, 0.3) is 22.4 Å². The average molecular weight is 385 g/mol. The van der Waals surface area contributed by atoms with E-state index >= 15 is 0 Å². The summed E-state index contributed by atoms with van der Waals surface area (Å²) in [7, 11) is 0. The van der Waals surface area contributed by atoms with E-state index in [-0.39, 0.29) is 5.69 Å². The third kappa shape index (κ3) is 4.46. The van der Waals surface area contributed by atoms with E-state index in [1.165, 1.54) is 5.56 Å². The second kappa shape index (κ2) is 8.61. The highest BCUT2D eigenvalue weighted by atomic mass is 16.4. The smallest absolute Gasteiger partial charge is 0.353 e. The lowest BCUT2D eigenvalue weighted by molar-refractivity contribution is 0.0690. The fraction of sp³-hybridized carbons (Fsp3) is 0.167. The number of nitrogens with zero attached hydrogens (tertiary/aromatic N) is 2. The maximum atomic E-state index is 11.2. The largest absolute Gasteiger partial charge is 0.477 e. The minimum absolute atomic E-state index is 0.0922. The van der Waals surface area contributed by atoms with Gasteiger partial charge in [-0.3, -0.25) is 5.10 Å². The highest BCUT2D eigenvalue weighted by molar-refractivity contribution is 5.89. The molecule has 146 valence electrons. The predicted molar refractivity (Wildman–Crippen MR) is 114 cm³/mol. The Hall–Kier alpha value is -3.60. The van der Waals surface area contributed by atoms with Gasteiger partial charge in [-0.05, 0) is 36.5 Å². The molecule has 2 aromatic heterocycles. The summed E-state index contributed by atoms with van der Waals surface area (Å²) in [5, 5.41) is 16.0. The van der Waals surface area contributed by atoms with Crippen LogP contribution in [0.2, 0.25) is 0 Å². The van der Waals surface area contributed by atoms with Gasteiger partial charge >= 0.3 is 5.97 Å². The van der Waals surface area contributed by atoms with Crippen molar-refractivity contribution in [2.24, 2.45) is 0 Å². The Labute approximate surface area is 169 Å². The summed E-state index contributed by atoms with van der Waals surface area (Å²) < 4.78 is 2.18. The van der Waals surface area contributed by atoms with Crippen molar-refractivity contribution >= 4 is 5.97 Å². The molecule has 0 saturated heterocycles. The first-order valence-electron chi connectivity index (χ1n) is 9.79. The third-order valence-electron chi connectivity index (χ3n) is 5.02. The monoisotopic (exact) mass is 385 g/mol. The average Bonchev–Trinajstić information content (AvgIpc) is 3.40. The molecule has 0 spiro atoms. The lowest BCUT2D eigenvalue weighted by Gasteiger charge is -2.03. The van der Waals surface area contributed by atoms with E-state index in [9.17, 15) is 9.90 Å². The number of hydrogen-bond acceptors (Lipinski definition) is 2. The van der Waals surface area contributed by atoms with E-state index in [0.717, 1.165) is 42.5 Å². The van der Waals surface area contributed by atoms with Crippen molar-refractivity contribution in [1.82, 2.24) is 14.8 Å². The number of carboxylic acid groups (broad SMARTS) is 1. The van der Waals surface area contributed by atoms with E-state index in [4.69, 9.17) is 0 Å². The van der Waals surface area contributed by atoms with E-state index in [1.807, 2.05) is 24.3 Å². The molecule has 0 unspecified atom stereocenters. The fourth-order valence-corrected chi connectivity index (χ4v) is 3.53. The van der Waals surface area contributed by atoms with Crippen molar-refractivity contribution in [1.29, 1.82) is 0 Å². The molecular weight excluding hydrogens is 362 g/mol. The molecule has 2 aromatic carbocycles. The van der Waals surface area contributed by atoms with Crippen LogP contribution in [0.5, 0.6) is 0 Å². The number of rotatable bonds is 8. The Balaban J connectivity index is 1.53. The first-order chi connectivity index (χ1) is 14.2. The highest BCUT2D eigenvalue weighted by Crippen LogP contribution is 2.32. The van der Waals surface area contributed by atoms with Crippen molar-refractivity contribution < 1.29 is 9.90 Å². The van der Waals surface area contributed by atoms with Crippen LogP contribution >= 0.6 is 0 Å². The number of H-pyrrole nitrogens is 1. The SMILES string of the molecule is O=C(O)c1cc(-c2cn(CCCCc3ccccc3)cc2-c2ccccc2)n[nH]1. The van der Waals surface area contributed by atoms with Crippen molar-refractivity contribution in [2.75, 3.05) is 0 Å². The number of aromatic nitrogens is 3. The number of aromatic carboxylic acids is 1. The summed E-state index contributed by atoms with van der Waals surface area (Å²) in [5.41, 5.74) is 5.17. The number of carboxylic acids is 1. The molecule has 29 heavy (non-hydrogen) atoms. The fourth-order valence-electron chi connectivity index (χ4n) is 3.53. The number of carbonyl (C=O) groups is 1. The van der Waals surface area contributed by atoms with Gasteiger partial charge in [0.05, 0.1) is 5.69 Å². The lowest BCUT2D eigenvalue weighted by Crippen LogP contribution is -1.95. The summed E-state index contributed by atoms with van der Waals surface area (Å²) in [6.45, 7) is 0.906. The molecule has 0 aliphatic carbocycles. The van der Waals surface area contributed by atoms with Gasteiger partial charge in [0.1, 0.15) is 5.69 Å². The third-order valence-corrected chi connectivity index (χ3v) is 5.02. The Morgan fingerprint density at radius 2 is 1.62 bits per heavy atom. The van der Waals surface area contributed by atoms with Crippen molar-refractivity contribution in [2.45, 2.75) is 25.8 Å². The van der Waals surface area contributed by atoms with Gasteiger partial charge in [-0.1, -0.05) is 60.7 Å². The first kappa shape index (κ1) is 18.7. The maximum absolute atomic E-state index is 11.2. The summed E-state index contributed by atoms with van der Waals surface area (Å²) >= 11 is 0. The molecule has 5 nitrogen and oxygen atoms in total. The molecule has 0 radical (unpaired) electrons. The molecule has 0 aliphatic rings. The minimum Gasteiger partial charge on any atom is -0.477 e. The summed E-state index contributed by atoms with van der Waals surface area (Å²) in [6.07, 6.45) is 7.44. The van der Waals surface area contributed by atoms with Crippen LogP contribution in [0, 0.1) is 0 Å². The zero-order chi connectivity index (χ0) is 20.1. The van der Waals surface area contributed by atoms with E-state index < -0.39 is 5.97 Å². The van der Waals surface area contributed by atoms with E-state index in [0.29, 0.717) is 5.69 Å². The van der Waals surface area contributed by atoms with Crippen LogP contribution in [0.15, 0.2) is 79.1 Å². The van der Waals surface area contributed by atoms with Gasteiger partial charge < -0.3 is 9.67 Å². The lowest BCUT2D eigenvalue weighted by atomic mass is 10.0. The van der Waals surface area contributed by atoms with Crippen molar-refractivity contribution in [3.8, 4) is 22.4 Å². The molecule has 5 heteroatoms. The van der Waals surface area contributed by atoms with Gasteiger partial charge in [-0.2, -0.15) is 5.10 Å². The maximum Gasteiger partial charge on any atom is 0.353 e. The molecule has 4 rings (SSSR count). The number of aryl methyl sites for hydroxylation is 2. The Morgan fingerprint density at radius 3 is 2.31 bits per heavy atom. The van der Waals surface area contributed by atoms with Gasteiger partial charge in [-0.15, -0.1) is 0 Å². The quantitative estimate of drug-likeness (QED) is 0.406. The van der Waals surface area contributed by atoms with Crippen LogP contribution in [-0.2, 0) is 13.0 Å². The van der Waals surface area contributed by atoms with Gasteiger partial charge in [0.25, 0.3) is 0 Å². The molecule has 2 heterocycles. The number of unbranched alkanes of at least 4 members (excludes halogenated alkanes) is 1. The molecule has 0 saturated carbocycles. The Kier molecular flexibility index (Phi) is 5.56. The molecule has 0 bridgehead atoms. The van der Waals surface area contributed by atoms with Crippen LogP contribution in [0.4, 0.5) is 0 Å². The molecule has 2 N–H and O–H groups in total. The summed E-state index contributed by atoms with van der Waals surface area (Å²) in [4.78, 5) is 11.2. The second-order valence-corrected chi connectivity index (χ2v) is 7.10. The van der Waals surface area contributed by atoms with E-state index in [2.05, 4.69) is 63.6 Å². The molecule has 0 fully saturated rings. The van der Waals surface area contributed by atoms with Gasteiger partial charge in [0.2, 0.25) is 0 Å². The van der Waals surface area contributed by atoms with Gasteiger partial charge in [-0.25, -0.2) is 4.79 Å². The van der Waals surface area contributed by atoms with E-state index in [1.54, 1.807) is 6.07 Å². The standard InChI is InChI=1S/C24H23N3O2/c28-24(29)23-15-22(25-26-23)21-17-27(16-20(21)19-12-5-2-6-13-19)14-8-7-11-18-9-3-1-4-10-18/h1-6,9-10,12-13,15-17H,7-8,11,14H2,(H,25,26)(H,28,29). The second-order valence-electron chi connectivity index (χ2n) is 7.10. The normalized spacial score (nSPS) is 10.9. The number of aromatic amines is 1. The predicted octanol–water partition coefficient (Wildman–Crippen LogP) is 5.27. The molecule has 0 atom stereocenters. The number of nitrogens with one attached hydrogen (secondary N) is 1.